The second-order valence-electron chi connectivity index (χ2n) is 6.39. The van der Waals surface area contributed by atoms with Crippen LogP contribution in [0.5, 0.6) is 5.75 Å². The Balaban J connectivity index is 1.69. The van der Waals surface area contributed by atoms with Crippen LogP contribution in [0.2, 0.25) is 0 Å². The lowest BCUT2D eigenvalue weighted by atomic mass is 10.1. The van der Waals surface area contributed by atoms with Crippen molar-refractivity contribution in [3.05, 3.63) is 29.8 Å². The average Bonchev–Trinajstić information content (AvgIpc) is 2.60. The van der Waals surface area contributed by atoms with Crippen LogP contribution in [0, 0.1) is 0 Å². The lowest BCUT2D eigenvalue weighted by Crippen LogP contribution is -2.51. The molecule has 5 nitrogen and oxygen atoms in total. The number of carbonyl (C=O) groups is 1. The Morgan fingerprint density at radius 2 is 2.17 bits per heavy atom. The minimum Gasteiger partial charge on any atom is -0.494 e. The number of aryl methyl sites for hydroxylation is 1. The summed E-state index contributed by atoms with van der Waals surface area (Å²) < 4.78 is 10.9. The third-order valence-electron chi connectivity index (χ3n) is 4.45. The van der Waals surface area contributed by atoms with E-state index in [0.29, 0.717) is 31.7 Å². The van der Waals surface area contributed by atoms with Crippen molar-refractivity contribution in [3.8, 4) is 5.75 Å². The van der Waals surface area contributed by atoms with Crippen LogP contribution in [0.1, 0.15) is 32.8 Å². The predicted octanol–water partition coefficient (Wildman–Crippen LogP) is 2.24. The van der Waals surface area contributed by atoms with Gasteiger partial charge in [0.25, 0.3) is 0 Å². The molecule has 1 aliphatic heterocycles. The number of carbonyl (C=O) groups excluding carboxylic acids is 1. The molecule has 1 aromatic rings. The van der Waals surface area contributed by atoms with Gasteiger partial charge < -0.3 is 14.8 Å². The van der Waals surface area contributed by atoms with E-state index in [1.807, 2.05) is 31.2 Å². The van der Waals surface area contributed by atoms with Crippen LogP contribution in [0.25, 0.3) is 0 Å². The van der Waals surface area contributed by atoms with Crippen molar-refractivity contribution in [1.29, 1.82) is 0 Å². The summed E-state index contributed by atoms with van der Waals surface area (Å²) in [4.78, 5) is 14.5. The number of benzene rings is 1. The molecule has 134 valence electrons. The summed E-state index contributed by atoms with van der Waals surface area (Å²) >= 11 is 0. The fourth-order valence-corrected chi connectivity index (χ4v) is 3.04. The monoisotopic (exact) mass is 334 g/mol. The van der Waals surface area contributed by atoms with Gasteiger partial charge in [-0.2, -0.15) is 0 Å². The van der Waals surface area contributed by atoms with E-state index in [4.69, 9.17) is 9.47 Å². The van der Waals surface area contributed by atoms with Crippen molar-refractivity contribution < 1.29 is 14.3 Å². The zero-order valence-electron chi connectivity index (χ0n) is 15.1. The van der Waals surface area contributed by atoms with Crippen LogP contribution in [0.3, 0.4) is 0 Å². The van der Waals surface area contributed by atoms with Crippen LogP contribution < -0.4 is 10.1 Å². The molecule has 2 atom stereocenters. The van der Waals surface area contributed by atoms with Crippen LogP contribution in [-0.2, 0) is 16.0 Å². The standard InChI is InChI=1S/C19H30N2O3/c1-4-24-18-8-5-17(6-9-18)7-10-19(22)20-13-15(2)21-11-12-23-14-16(21)3/h5-6,8-9,15-16H,4,7,10-14H2,1-3H3,(H,20,22)/t15-,16-/m0/s1. The van der Waals surface area contributed by atoms with Crippen molar-refractivity contribution in [3.63, 3.8) is 0 Å². The zero-order valence-corrected chi connectivity index (χ0v) is 15.1. The molecule has 1 fully saturated rings. The van der Waals surface area contributed by atoms with E-state index in [1.165, 1.54) is 0 Å². The van der Waals surface area contributed by atoms with Gasteiger partial charge in [-0.15, -0.1) is 0 Å². The lowest BCUT2D eigenvalue weighted by Gasteiger charge is -2.37. The van der Waals surface area contributed by atoms with Gasteiger partial charge in [-0.1, -0.05) is 12.1 Å². The Morgan fingerprint density at radius 3 is 2.83 bits per heavy atom. The Morgan fingerprint density at radius 1 is 1.42 bits per heavy atom. The molecule has 24 heavy (non-hydrogen) atoms. The van der Waals surface area contributed by atoms with Crippen LogP contribution in [0.15, 0.2) is 24.3 Å². The number of hydrogen-bond donors (Lipinski definition) is 1. The summed E-state index contributed by atoms with van der Waals surface area (Å²) in [6.45, 7) is 10.1. The van der Waals surface area contributed by atoms with Crippen molar-refractivity contribution in [2.45, 2.75) is 45.7 Å². The number of amides is 1. The molecule has 5 heteroatoms. The van der Waals surface area contributed by atoms with Gasteiger partial charge in [-0.25, -0.2) is 0 Å². The van der Waals surface area contributed by atoms with Crippen LogP contribution in [-0.4, -0.2) is 55.8 Å². The van der Waals surface area contributed by atoms with Crippen molar-refractivity contribution in [2.24, 2.45) is 0 Å². The molecular weight excluding hydrogens is 304 g/mol. The first-order chi connectivity index (χ1) is 11.6. The molecule has 1 amide bonds. The highest BCUT2D eigenvalue weighted by atomic mass is 16.5. The lowest BCUT2D eigenvalue weighted by molar-refractivity contribution is -0.121. The zero-order chi connectivity index (χ0) is 17.4. The number of ether oxygens (including phenoxy) is 2. The molecule has 1 N–H and O–H groups in total. The van der Waals surface area contributed by atoms with E-state index in [-0.39, 0.29) is 5.91 Å². The van der Waals surface area contributed by atoms with E-state index in [1.54, 1.807) is 0 Å². The fraction of sp³-hybridized carbons (Fsp3) is 0.632. The number of morpholine rings is 1. The summed E-state index contributed by atoms with van der Waals surface area (Å²) in [5, 5.41) is 3.06. The number of hydrogen-bond acceptors (Lipinski definition) is 4. The molecule has 0 unspecified atom stereocenters. The molecule has 1 aromatic carbocycles. The Bertz CT molecular complexity index is 504. The highest BCUT2D eigenvalue weighted by molar-refractivity contribution is 5.76. The maximum Gasteiger partial charge on any atom is 0.220 e. The normalized spacial score (nSPS) is 19.7. The molecular formula is C19H30N2O3. The first-order valence-electron chi connectivity index (χ1n) is 8.92. The van der Waals surface area contributed by atoms with Gasteiger partial charge in [0.05, 0.1) is 19.8 Å². The molecule has 0 spiro atoms. The SMILES string of the molecule is CCOc1ccc(CCC(=O)NC[C@H](C)N2CCOC[C@@H]2C)cc1. The summed E-state index contributed by atoms with van der Waals surface area (Å²) in [6.07, 6.45) is 1.26. The molecule has 0 bridgehead atoms. The van der Waals surface area contributed by atoms with Crippen LogP contribution >= 0.6 is 0 Å². The number of rotatable bonds is 8. The second-order valence-corrected chi connectivity index (χ2v) is 6.39. The largest absolute Gasteiger partial charge is 0.494 e. The average molecular weight is 334 g/mol. The van der Waals surface area contributed by atoms with E-state index in [9.17, 15) is 4.79 Å². The minimum absolute atomic E-state index is 0.108. The highest BCUT2D eigenvalue weighted by Crippen LogP contribution is 2.13. The first-order valence-corrected chi connectivity index (χ1v) is 8.92. The summed E-state index contributed by atoms with van der Waals surface area (Å²) in [5.74, 6) is 0.982. The molecule has 0 aromatic heterocycles. The fourth-order valence-electron chi connectivity index (χ4n) is 3.04. The van der Waals surface area contributed by atoms with Gasteiger partial charge in [-0.3, -0.25) is 9.69 Å². The third-order valence-corrected chi connectivity index (χ3v) is 4.45. The van der Waals surface area contributed by atoms with E-state index >= 15 is 0 Å². The maximum atomic E-state index is 12.1. The van der Waals surface area contributed by atoms with Crippen molar-refractivity contribution >= 4 is 5.91 Å². The van der Waals surface area contributed by atoms with Crippen LogP contribution in [0.4, 0.5) is 0 Å². The molecule has 1 aliphatic rings. The Kier molecular flexibility index (Phi) is 7.53. The van der Waals surface area contributed by atoms with Gasteiger partial charge in [0.15, 0.2) is 0 Å². The maximum absolute atomic E-state index is 12.1. The molecule has 1 heterocycles. The highest BCUT2D eigenvalue weighted by Gasteiger charge is 2.23. The molecule has 0 saturated carbocycles. The van der Waals surface area contributed by atoms with E-state index in [2.05, 4.69) is 24.1 Å². The van der Waals surface area contributed by atoms with Gasteiger partial charge in [0.2, 0.25) is 5.91 Å². The van der Waals surface area contributed by atoms with Gasteiger partial charge in [-0.05, 0) is 44.9 Å². The smallest absolute Gasteiger partial charge is 0.220 e. The predicted molar refractivity (Wildman–Crippen MR) is 95.4 cm³/mol. The summed E-state index contributed by atoms with van der Waals surface area (Å²) in [5.41, 5.74) is 1.16. The van der Waals surface area contributed by atoms with Crippen molar-refractivity contribution in [1.82, 2.24) is 10.2 Å². The van der Waals surface area contributed by atoms with E-state index < -0.39 is 0 Å². The molecule has 2 rings (SSSR count). The van der Waals surface area contributed by atoms with E-state index in [0.717, 1.165) is 37.5 Å². The molecule has 0 aliphatic carbocycles. The van der Waals surface area contributed by atoms with Gasteiger partial charge in [0, 0.05) is 31.6 Å². The summed E-state index contributed by atoms with van der Waals surface area (Å²) in [7, 11) is 0. The number of nitrogens with one attached hydrogen (secondary N) is 1. The Labute approximate surface area is 145 Å². The topological polar surface area (TPSA) is 50.8 Å². The molecule has 0 radical (unpaired) electrons. The van der Waals surface area contributed by atoms with Crippen molar-refractivity contribution in [2.75, 3.05) is 32.9 Å². The number of nitrogens with zero attached hydrogens (tertiary/aromatic N) is 1. The second kappa shape index (κ2) is 9.64. The quantitative estimate of drug-likeness (QED) is 0.792. The molecule has 1 saturated heterocycles. The minimum atomic E-state index is 0.108. The third kappa shape index (κ3) is 5.80. The summed E-state index contributed by atoms with van der Waals surface area (Å²) in [6, 6.07) is 8.71. The Hall–Kier alpha value is -1.59. The van der Waals surface area contributed by atoms with Gasteiger partial charge in [0.1, 0.15) is 5.75 Å². The first kappa shape index (κ1) is 18.7. The van der Waals surface area contributed by atoms with Gasteiger partial charge >= 0.3 is 0 Å².